The Morgan fingerprint density at radius 2 is 2.14 bits per heavy atom. The zero-order valence-electron chi connectivity index (χ0n) is 13.9. The molecule has 0 bridgehead atoms. The molecule has 1 saturated heterocycles. The Morgan fingerprint density at radius 1 is 1.33 bits per heavy atom. The van der Waals surface area contributed by atoms with Crippen LogP contribution in [0.2, 0.25) is 0 Å². The van der Waals surface area contributed by atoms with Gasteiger partial charge in [-0.05, 0) is 47.1 Å². The van der Waals surface area contributed by atoms with Crippen molar-refractivity contribution in [1.82, 2.24) is 29.9 Å². The van der Waals surface area contributed by atoms with Crippen molar-refractivity contribution in [1.29, 1.82) is 0 Å². The second-order valence-electron chi connectivity index (χ2n) is 6.02. The summed E-state index contributed by atoms with van der Waals surface area (Å²) in [6.07, 6.45) is 3.85. The monoisotopic (exact) mass is 294 g/mol. The highest BCUT2D eigenvalue weighted by Gasteiger charge is 2.29. The van der Waals surface area contributed by atoms with Crippen LogP contribution in [0.15, 0.2) is 6.33 Å². The van der Waals surface area contributed by atoms with Crippen molar-refractivity contribution in [3.05, 3.63) is 12.2 Å². The summed E-state index contributed by atoms with van der Waals surface area (Å²) >= 11 is 0. The molecule has 0 aromatic carbocycles. The van der Waals surface area contributed by atoms with Gasteiger partial charge in [-0.25, -0.2) is 4.98 Å². The summed E-state index contributed by atoms with van der Waals surface area (Å²) in [6, 6.07) is 0.925. The van der Waals surface area contributed by atoms with Crippen molar-refractivity contribution in [2.75, 3.05) is 40.3 Å². The Kier molecular flexibility index (Phi) is 6.14. The average molecular weight is 294 g/mol. The van der Waals surface area contributed by atoms with Crippen molar-refractivity contribution in [2.45, 2.75) is 45.3 Å². The highest BCUT2D eigenvalue weighted by atomic mass is 15.3. The van der Waals surface area contributed by atoms with Crippen LogP contribution in [0.4, 0.5) is 0 Å². The van der Waals surface area contributed by atoms with Gasteiger partial charge < -0.3 is 15.1 Å². The maximum absolute atomic E-state index is 4.45. The third-order valence-electron chi connectivity index (χ3n) is 4.44. The van der Waals surface area contributed by atoms with Crippen LogP contribution in [0, 0.1) is 0 Å². The van der Waals surface area contributed by atoms with Crippen molar-refractivity contribution >= 4 is 0 Å². The highest BCUT2D eigenvalue weighted by molar-refractivity contribution is 4.96. The van der Waals surface area contributed by atoms with Gasteiger partial charge in [0.1, 0.15) is 12.2 Å². The molecule has 2 unspecified atom stereocenters. The van der Waals surface area contributed by atoms with E-state index in [9.17, 15) is 0 Å². The fourth-order valence-corrected chi connectivity index (χ4v) is 3.25. The Bertz CT molecular complexity index is 418. The molecule has 1 aromatic heterocycles. The summed E-state index contributed by atoms with van der Waals surface area (Å²) in [5.74, 6) is 1.09. The van der Waals surface area contributed by atoms with Gasteiger partial charge in [-0.1, -0.05) is 6.92 Å². The van der Waals surface area contributed by atoms with Crippen molar-refractivity contribution in [3.8, 4) is 0 Å². The molecule has 0 amide bonds. The summed E-state index contributed by atoms with van der Waals surface area (Å²) < 4.78 is 2.00. The minimum Gasteiger partial charge on any atom is -0.312 e. The lowest BCUT2D eigenvalue weighted by Crippen LogP contribution is -2.53. The zero-order valence-corrected chi connectivity index (χ0v) is 13.9. The maximum atomic E-state index is 4.45. The van der Waals surface area contributed by atoms with E-state index in [2.05, 4.69) is 53.1 Å². The number of hydrogen-bond acceptors (Lipinski definition) is 5. The second kappa shape index (κ2) is 7.87. The highest BCUT2D eigenvalue weighted by Crippen LogP contribution is 2.14. The van der Waals surface area contributed by atoms with Gasteiger partial charge in [-0.15, -0.1) is 0 Å². The Hall–Kier alpha value is -0.980. The van der Waals surface area contributed by atoms with E-state index in [0.717, 1.165) is 38.4 Å². The van der Waals surface area contributed by atoms with E-state index in [4.69, 9.17) is 0 Å². The molecular formula is C15H30N6. The molecule has 2 heterocycles. The van der Waals surface area contributed by atoms with Crippen molar-refractivity contribution in [3.63, 3.8) is 0 Å². The van der Waals surface area contributed by atoms with Crippen LogP contribution >= 0.6 is 0 Å². The number of aromatic nitrogens is 3. The van der Waals surface area contributed by atoms with Gasteiger partial charge in [0.15, 0.2) is 0 Å². The summed E-state index contributed by atoms with van der Waals surface area (Å²) in [7, 11) is 4.47. The Labute approximate surface area is 128 Å². The first kappa shape index (κ1) is 16.4. The average Bonchev–Trinajstić information content (AvgIpc) is 2.84. The minimum atomic E-state index is 0.412. The van der Waals surface area contributed by atoms with Gasteiger partial charge in [-0.2, -0.15) is 5.10 Å². The minimum absolute atomic E-state index is 0.412. The van der Waals surface area contributed by atoms with E-state index in [0.29, 0.717) is 12.1 Å². The molecule has 1 aliphatic heterocycles. The number of nitrogens with zero attached hydrogens (tertiary/aromatic N) is 5. The van der Waals surface area contributed by atoms with E-state index in [1.807, 2.05) is 4.68 Å². The van der Waals surface area contributed by atoms with Crippen LogP contribution in [0.25, 0.3) is 0 Å². The van der Waals surface area contributed by atoms with E-state index in [1.165, 1.54) is 13.0 Å². The number of hydrogen-bond donors (Lipinski definition) is 1. The van der Waals surface area contributed by atoms with Gasteiger partial charge in [0.25, 0.3) is 0 Å². The molecule has 0 radical (unpaired) electrons. The lowest BCUT2D eigenvalue weighted by atomic mass is 10.0. The van der Waals surface area contributed by atoms with E-state index in [-0.39, 0.29) is 0 Å². The lowest BCUT2D eigenvalue weighted by molar-refractivity contribution is 0.176. The van der Waals surface area contributed by atoms with E-state index < -0.39 is 0 Å². The number of likely N-dealkylation sites (N-methyl/N-ethyl adjacent to an activating group) is 3. The smallest absolute Gasteiger partial charge is 0.138 e. The van der Waals surface area contributed by atoms with Gasteiger partial charge >= 0.3 is 0 Å². The molecule has 6 nitrogen and oxygen atoms in total. The lowest BCUT2D eigenvalue weighted by Gasteiger charge is -2.35. The van der Waals surface area contributed by atoms with Crippen LogP contribution < -0.4 is 5.32 Å². The summed E-state index contributed by atoms with van der Waals surface area (Å²) in [6.45, 7) is 9.62. The number of nitrogens with one attached hydrogen (secondary N) is 1. The molecular weight excluding hydrogens is 264 g/mol. The summed E-state index contributed by atoms with van der Waals surface area (Å²) in [5.41, 5.74) is 0. The number of aryl methyl sites for hydroxylation is 1. The fraction of sp³-hybridized carbons (Fsp3) is 0.867. The first-order valence-electron chi connectivity index (χ1n) is 8.14. The third-order valence-corrected chi connectivity index (χ3v) is 4.44. The van der Waals surface area contributed by atoms with E-state index >= 15 is 0 Å². The van der Waals surface area contributed by atoms with Gasteiger partial charge in [-0.3, -0.25) is 4.68 Å². The summed E-state index contributed by atoms with van der Waals surface area (Å²) in [5, 5.41) is 7.97. The normalized spacial score (nSPS) is 23.1. The van der Waals surface area contributed by atoms with Crippen molar-refractivity contribution < 1.29 is 0 Å². The first-order chi connectivity index (χ1) is 10.2. The molecule has 6 heteroatoms. The molecule has 21 heavy (non-hydrogen) atoms. The van der Waals surface area contributed by atoms with Crippen LogP contribution in [0.3, 0.4) is 0 Å². The van der Waals surface area contributed by atoms with Gasteiger partial charge in [0, 0.05) is 31.6 Å². The quantitative estimate of drug-likeness (QED) is 0.826. The molecule has 0 aliphatic carbocycles. The zero-order chi connectivity index (χ0) is 15.2. The maximum Gasteiger partial charge on any atom is 0.138 e. The fourth-order valence-electron chi connectivity index (χ4n) is 3.25. The molecule has 1 aromatic rings. The predicted molar refractivity (Wildman–Crippen MR) is 85.4 cm³/mol. The van der Waals surface area contributed by atoms with E-state index in [1.54, 1.807) is 6.33 Å². The Morgan fingerprint density at radius 3 is 2.86 bits per heavy atom. The third kappa shape index (κ3) is 4.25. The molecule has 2 rings (SSSR count). The predicted octanol–water partition coefficient (Wildman–Crippen LogP) is 0.455. The topological polar surface area (TPSA) is 49.2 Å². The molecule has 0 saturated carbocycles. The molecule has 2 atom stereocenters. The molecule has 1 aliphatic rings. The van der Waals surface area contributed by atoms with Crippen LogP contribution in [-0.4, -0.2) is 76.9 Å². The van der Waals surface area contributed by atoms with Crippen LogP contribution in [-0.2, 0) is 13.0 Å². The first-order valence-corrected chi connectivity index (χ1v) is 8.14. The molecule has 1 fully saturated rings. The summed E-state index contributed by atoms with van der Waals surface area (Å²) in [4.78, 5) is 9.40. The van der Waals surface area contributed by atoms with Crippen molar-refractivity contribution in [2.24, 2.45) is 0 Å². The van der Waals surface area contributed by atoms with Crippen LogP contribution in [0.1, 0.15) is 26.1 Å². The molecule has 120 valence electrons. The van der Waals surface area contributed by atoms with Gasteiger partial charge in [0.05, 0.1) is 0 Å². The Balaban J connectivity index is 2.12. The van der Waals surface area contributed by atoms with Gasteiger partial charge in [0.2, 0.25) is 0 Å². The largest absolute Gasteiger partial charge is 0.312 e. The molecule has 0 spiro atoms. The number of rotatable bonds is 6. The standard InChI is InChI=1S/C15H30N6/c1-5-16-13(10-15-17-12-18-21(15)6-2)14-11-19(3)8-7-9-20(14)4/h12-14,16H,5-11H2,1-4H3. The van der Waals surface area contributed by atoms with Crippen LogP contribution in [0.5, 0.6) is 0 Å². The second-order valence-corrected chi connectivity index (χ2v) is 6.02. The SMILES string of the molecule is CCNC(Cc1ncnn1CC)C1CN(C)CCCN1C. The molecule has 1 N–H and O–H groups in total.